The molecule has 0 aromatic heterocycles. The molecule has 2 N–H and O–H groups in total. The third-order valence-corrected chi connectivity index (χ3v) is 0.567. The summed E-state index contributed by atoms with van der Waals surface area (Å²) in [4.78, 5) is 9.42. The Balaban J connectivity index is -0.0000000600. The molecule has 4 heteroatoms. The highest BCUT2D eigenvalue weighted by atomic mass is 16.7. The predicted molar refractivity (Wildman–Crippen MR) is 53.6 cm³/mol. The Hall–Kier alpha value is -1.21. The average Bonchev–Trinajstić information content (AvgIpc) is 2.01. The second-order valence-corrected chi connectivity index (χ2v) is 1.34. The van der Waals surface area contributed by atoms with Crippen LogP contribution in [0.4, 0.5) is 4.79 Å². The number of aliphatic hydroxyl groups is 1. The van der Waals surface area contributed by atoms with Crippen molar-refractivity contribution in [1.29, 1.82) is 0 Å². The van der Waals surface area contributed by atoms with E-state index < -0.39 is 6.16 Å². The van der Waals surface area contributed by atoms with Crippen LogP contribution in [0.3, 0.4) is 0 Å². The Kier molecular flexibility index (Phi) is 39.0. The maximum absolute atomic E-state index is 9.42. The first-order valence-corrected chi connectivity index (χ1v) is 2.99. The molecule has 13 heavy (non-hydrogen) atoms. The summed E-state index contributed by atoms with van der Waals surface area (Å²) in [5.74, 6) is 5.36. The second-order valence-electron chi connectivity index (χ2n) is 1.34. The molecule has 0 heterocycles. The van der Waals surface area contributed by atoms with Gasteiger partial charge in [-0.05, 0) is 13.8 Å². The van der Waals surface area contributed by atoms with Crippen LogP contribution < -0.4 is 0 Å². The lowest BCUT2D eigenvalue weighted by atomic mass is 10.7. The molecule has 0 amide bonds. The van der Waals surface area contributed by atoms with Crippen molar-refractivity contribution in [2.75, 3.05) is 13.2 Å². The van der Waals surface area contributed by atoms with Gasteiger partial charge in [0.15, 0.2) is 0 Å². The lowest BCUT2D eigenvalue weighted by molar-refractivity contribution is 0.0743. The van der Waals surface area contributed by atoms with Gasteiger partial charge in [0.2, 0.25) is 0 Å². The highest BCUT2D eigenvalue weighted by Crippen LogP contribution is 1.71. The number of carboxylic acid groups (broad SMARTS) is 1. The maximum atomic E-state index is 9.42. The molecule has 4 nitrogen and oxygen atoms in total. The van der Waals surface area contributed by atoms with Crippen molar-refractivity contribution < 1.29 is 19.7 Å². The molecule has 0 aromatic rings. The van der Waals surface area contributed by atoms with Crippen molar-refractivity contribution in [3.8, 4) is 11.8 Å². The van der Waals surface area contributed by atoms with E-state index >= 15 is 0 Å². The van der Waals surface area contributed by atoms with E-state index in [-0.39, 0.29) is 28.1 Å². The first-order chi connectivity index (χ1) is 5.18. The fourth-order valence-corrected chi connectivity index (χ4v) is 0.133. The van der Waals surface area contributed by atoms with Gasteiger partial charge in [-0.2, -0.15) is 0 Å². The van der Waals surface area contributed by atoms with E-state index in [0.29, 0.717) is 0 Å². The van der Waals surface area contributed by atoms with Crippen molar-refractivity contribution in [1.82, 2.24) is 0 Å². The molecule has 0 aromatic carbocycles. The molecule has 0 unspecified atom stereocenters. The molecule has 0 bridgehead atoms. The summed E-state index contributed by atoms with van der Waals surface area (Å²) in [5.41, 5.74) is 0. The zero-order valence-electron chi connectivity index (χ0n) is 6.63. The summed E-state index contributed by atoms with van der Waals surface area (Å²) in [7, 11) is 0. The SMILES string of the molecule is C.C.CC#CC.O=C(O)OCCO. The van der Waals surface area contributed by atoms with E-state index in [1.807, 2.05) is 13.8 Å². The highest BCUT2D eigenvalue weighted by molar-refractivity contribution is 5.56. The van der Waals surface area contributed by atoms with Gasteiger partial charge in [-0.1, -0.05) is 14.9 Å². The Labute approximate surface area is 80.5 Å². The minimum atomic E-state index is -1.35. The number of hydrogen-bond donors (Lipinski definition) is 2. The molecule has 0 aliphatic heterocycles. The number of rotatable bonds is 2. The number of hydrogen-bond acceptors (Lipinski definition) is 3. The summed E-state index contributed by atoms with van der Waals surface area (Å²) >= 11 is 0. The lowest BCUT2D eigenvalue weighted by Crippen LogP contribution is -2.04. The van der Waals surface area contributed by atoms with Crippen LogP contribution in [0.25, 0.3) is 0 Å². The minimum absolute atomic E-state index is 0. The smallest absolute Gasteiger partial charge is 0.450 e. The van der Waals surface area contributed by atoms with E-state index in [4.69, 9.17) is 10.2 Å². The molecule has 0 aliphatic carbocycles. The third kappa shape index (κ3) is 58.0. The van der Waals surface area contributed by atoms with Gasteiger partial charge in [0.25, 0.3) is 0 Å². The topological polar surface area (TPSA) is 66.8 Å². The van der Waals surface area contributed by atoms with Gasteiger partial charge >= 0.3 is 6.16 Å². The minimum Gasteiger partial charge on any atom is -0.450 e. The maximum Gasteiger partial charge on any atom is 0.505 e. The molecule has 0 saturated carbocycles. The quantitative estimate of drug-likeness (QED) is 0.518. The zero-order chi connectivity index (χ0) is 9.11. The summed E-state index contributed by atoms with van der Waals surface area (Å²) < 4.78 is 3.86. The first-order valence-electron chi connectivity index (χ1n) is 2.99. The average molecular weight is 192 g/mol. The molecule has 80 valence electrons. The highest BCUT2D eigenvalue weighted by Gasteiger charge is 1.90. The molecule has 0 rings (SSSR count). The van der Waals surface area contributed by atoms with Gasteiger partial charge in [0.05, 0.1) is 6.61 Å². The third-order valence-electron chi connectivity index (χ3n) is 0.567. The van der Waals surface area contributed by atoms with Crippen molar-refractivity contribution in [3.63, 3.8) is 0 Å². The van der Waals surface area contributed by atoms with Crippen molar-refractivity contribution in [2.24, 2.45) is 0 Å². The summed E-state index contributed by atoms with van der Waals surface area (Å²) in [5, 5.41) is 15.6. The van der Waals surface area contributed by atoms with Crippen molar-refractivity contribution in [2.45, 2.75) is 28.7 Å². The second kappa shape index (κ2) is 22.4. The van der Waals surface area contributed by atoms with E-state index in [2.05, 4.69) is 16.6 Å². The van der Waals surface area contributed by atoms with Crippen LogP contribution in [-0.4, -0.2) is 29.6 Å². The van der Waals surface area contributed by atoms with Crippen LogP contribution in [0.2, 0.25) is 0 Å². The van der Waals surface area contributed by atoms with Crippen LogP contribution in [-0.2, 0) is 4.74 Å². The molecule has 0 saturated heterocycles. The van der Waals surface area contributed by atoms with Crippen molar-refractivity contribution >= 4 is 6.16 Å². The Bertz CT molecular complexity index is 137. The summed E-state index contributed by atoms with van der Waals surface area (Å²) in [6.45, 7) is 3.24. The molecular weight excluding hydrogens is 172 g/mol. The van der Waals surface area contributed by atoms with Crippen molar-refractivity contribution in [3.05, 3.63) is 0 Å². The van der Waals surface area contributed by atoms with Crippen LogP contribution in [0.5, 0.6) is 0 Å². The Morgan fingerprint density at radius 1 is 1.31 bits per heavy atom. The van der Waals surface area contributed by atoms with Crippen LogP contribution in [0.15, 0.2) is 0 Å². The molecule has 0 spiro atoms. The largest absolute Gasteiger partial charge is 0.505 e. The number of carbonyl (C=O) groups is 1. The number of ether oxygens (including phenoxy) is 1. The van der Waals surface area contributed by atoms with E-state index in [0.717, 1.165) is 0 Å². The Morgan fingerprint density at radius 2 is 1.69 bits per heavy atom. The first kappa shape index (κ1) is 22.6. The van der Waals surface area contributed by atoms with Crippen LogP contribution in [0.1, 0.15) is 28.7 Å². The molecule has 0 radical (unpaired) electrons. The normalized spacial score (nSPS) is 5.46. The van der Waals surface area contributed by atoms with E-state index in [9.17, 15) is 4.79 Å². The molecule has 0 atom stereocenters. The van der Waals surface area contributed by atoms with Crippen LogP contribution >= 0.6 is 0 Å². The fraction of sp³-hybridized carbons (Fsp3) is 0.667. The monoisotopic (exact) mass is 192 g/mol. The van der Waals surface area contributed by atoms with Gasteiger partial charge in [-0.3, -0.25) is 0 Å². The zero-order valence-corrected chi connectivity index (χ0v) is 6.63. The van der Waals surface area contributed by atoms with Gasteiger partial charge in [-0.15, -0.1) is 11.8 Å². The van der Waals surface area contributed by atoms with E-state index in [1.165, 1.54) is 0 Å². The number of aliphatic hydroxyl groups excluding tert-OH is 1. The predicted octanol–water partition coefficient (Wildman–Crippen LogP) is 1.98. The van der Waals surface area contributed by atoms with Crippen LogP contribution in [0, 0.1) is 11.8 Å². The van der Waals surface area contributed by atoms with Gasteiger partial charge in [-0.25, -0.2) is 4.79 Å². The molecule has 0 aliphatic rings. The standard InChI is InChI=1S/C4H6.C3H6O4.2CH4/c1-3-4-2;4-1-2-7-3(5)6;;/h1-2H3;4H,1-2H2,(H,5,6);2*1H4. The molecule has 0 fully saturated rings. The van der Waals surface area contributed by atoms with E-state index in [1.54, 1.807) is 0 Å². The van der Waals surface area contributed by atoms with Gasteiger partial charge < -0.3 is 14.9 Å². The lowest BCUT2D eigenvalue weighted by Gasteiger charge is -1.91. The van der Waals surface area contributed by atoms with Gasteiger partial charge in [0.1, 0.15) is 6.61 Å². The summed E-state index contributed by atoms with van der Waals surface area (Å²) in [6.07, 6.45) is -1.35. The van der Waals surface area contributed by atoms with Gasteiger partial charge in [0, 0.05) is 0 Å². The summed E-state index contributed by atoms with van der Waals surface area (Å²) in [6, 6.07) is 0. The molecular formula is C9H20O4. The fourth-order valence-electron chi connectivity index (χ4n) is 0.133. The Morgan fingerprint density at radius 3 is 1.77 bits per heavy atom.